The third-order valence-electron chi connectivity index (χ3n) is 10.3. The van der Waals surface area contributed by atoms with Gasteiger partial charge in [-0.15, -0.1) is 0 Å². The summed E-state index contributed by atoms with van der Waals surface area (Å²) in [7, 11) is 1.78. The maximum atomic E-state index is 14.0. The van der Waals surface area contributed by atoms with Crippen LogP contribution in [0.5, 0.6) is 0 Å². The minimum absolute atomic E-state index is 0.0618. The Balaban J connectivity index is 1.65. The van der Waals surface area contributed by atoms with Crippen LogP contribution < -0.4 is 5.73 Å². The lowest BCUT2D eigenvalue weighted by molar-refractivity contribution is -0.196. The number of hydrogen-bond acceptors (Lipinski definition) is 2. The van der Waals surface area contributed by atoms with Gasteiger partial charge in [-0.25, -0.2) is 0 Å². The van der Waals surface area contributed by atoms with E-state index >= 15 is 0 Å². The van der Waals surface area contributed by atoms with Crippen molar-refractivity contribution in [1.29, 1.82) is 0 Å². The summed E-state index contributed by atoms with van der Waals surface area (Å²) in [5.74, 6) is -2.57. The maximum absolute atomic E-state index is 14.0. The van der Waals surface area contributed by atoms with Gasteiger partial charge in [0.2, 0.25) is 11.8 Å². The number of nitrogens with two attached hydrogens (primary N) is 1. The van der Waals surface area contributed by atoms with Gasteiger partial charge in [0.1, 0.15) is 5.92 Å². The Labute approximate surface area is 189 Å². The Kier molecular flexibility index (Phi) is 5.53. The van der Waals surface area contributed by atoms with Crippen molar-refractivity contribution in [2.24, 2.45) is 52.1 Å². The second-order valence-corrected chi connectivity index (χ2v) is 11.7. The van der Waals surface area contributed by atoms with Crippen molar-refractivity contribution in [3.8, 4) is 0 Å². The third-order valence-corrected chi connectivity index (χ3v) is 10.3. The molecule has 2 amide bonds. The van der Waals surface area contributed by atoms with Crippen LogP contribution in [0.3, 0.4) is 0 Å². The predicted octanol–water partition coefficient (Wildman–Crippen LogP) is 4.93. The highest BCUT2D eigenvalue weighted by Gasteiger charge is 2.65. The molecule has 0 radical (unpaired) electrons. The van der Waals surface area contributed by atoms with E-state index < -0.39 is 29.8 Å². The molecule has 1 heterocycles. The van der Waals surface area contributed by atoms with E-state index in [1.165, 1.54) is 6.92 Å². The molecule has 1 aliphatic heterocycles. The van der Waals surface area contributed by atoms with Gasteiger partial charge in [-0.1, -0.05) is 26.0 Å². The van der Waals surface area contributed by atoms with Crippen LogP contribution in [0.4, 0.5) is 13.2 Å². The summed E-state index contributed by atoms with van der Waals surface area (Å²) < 4.78 is 42.1. The molecule has 0 aromatic carbocycles. The van der Waals surface area contributed by atoms with E-state index in [0.29, 0.717) is 24.7 Å². The number of alkyl halides is 3. The molecule has 0 spiro atoms. The van der Waals surface area contributed by atoms with Crippen molar-refractivity contribution in [2.75, 3.05) is 7.05 Å². The highest BCUT2D eigenvalue weighted by atomic mass is 19.4. The van der Waals surface area contributed by atoms with Crippen LogP contribution in [0.1, 0.15) is 65.7 Å². The molecule has 0 aromatic heterocycles. The Morgan fingerprint density at radius 2 is 1.75 bits per heavy atom. The molecule has 0 bridgehead atoms. The first-order valence-corrected chi connectivity index (χ1v) is 12.0. The van der Waals surface area contributed by atoms with E-state index in [4.69, 9.17) is 5.73 Å². The summed E-state index contributed by atoms with van der Waals surface area (Å²) in [5, 5.41) is 0. The van der Waals surface area contributed by atoms with Crippen molar-refractivity contribution in [1.82, 2.24) is 4.90 Å². The number of piperidine rings is 1. The fourth-order valence-electron chi connectivity index (χ4n) is 8.95. The summed E-state index contributed by atoms with van der Waals surface area (Å²) in [4.78, 5) is 26.5. The van der Waals surface area contributed by atoms with Crippen LogP contribution in [0, 0.1) is 46.3 Å². The average Bonchev–Trinajstić information content (AvgIpc) is 3.00. The number of nitrogens with zero attached hydrogens (tertiary/aromatic N) is 1. The van der Waals surface area contributed by atoms with Gasteiger partial charge in [-0.05, 0) is 86.4 Å². The molecular weight excluding hydrogens is 417 g/mol. The standard InChI is InChI=1S/C25H37F3N2O2/c1-13(2)20(25(26,27)28)18-8-7-16-14-6-9-19-24(4,17(14)10-11-23(16,18)3)12-15(21(29)31)22(32)30(19)5/h14-20H,1,6-12H2,2-5H3,(H2,29,31)/t14-,15?,16-,17+,18?,19?,20?,23-,24+/m0/s1. The number of carbonyl (C=O) groups excluding carboxylic acids is 2. The molecule has 9 atom stereocenters. The van der Waals surface area contributed by atoms with Gasteiger partial charge in [0, 0.05) is 13.1 Å². The summed E-state index contributed by atoms with van der Waals surface area (Å²) in [6.45, 7) is 9.52. The smallest absolute Gasteiger partial charge is 0.369 e. The predicted molar refractivity (Wildman–Crippen MR) is 116 cm³/mol. The van der Waals surface area contributed by atoms with E-state index in [2.05, 4.69) is 20.4 Å². The molecule has 3 saturated carbocycles. The van der Waals surface area contributed by atoms with E-state index in [0.717, 1.165) is 32.1 Å². The number of hydrogen-bond donors (Lipinski definition) is 1. The lowest BCUT2D eigenvalue weighted by atomic mass is 9.45. The SMILES string of the molecule is C=C(C)C(C1CC[C@H]2[C@@H]3CCC4N(C)C(=O)C(C(N)=O)C[C@]4(C)[C@@H]3CC[C@]12C)C(F)(F)F. The minimum Gasteiger partial charge on any atom is -0.369 e. The van der Waals surface area contributed by atoms with Crippen LogP contribution in [0.25, 0.3) is 0 Å². The summed E-state index contributed by atoms with van der Waals surface area (Å²) in [5.41, 5.74) is 5.22. The molecule has 7 heteroatoms. The largest absolute Gasteiger partial charge is 0.395 e. The number of halogens is 3. The lowest BCUT2D eigenvalue weighted by Crippen LogP contribution is -2.64. The van der Waals surface area contributed by atoms with Crippen LogP contribution >= 0.6 is 0 Å². The molecule has 1 saturated heterocycles. The van der Waals surface area contributed by atoms with Crippen molar-refractivity contribution < 1.29 is 22.8 Å². The number of amides is 2. The molecule has 180 valence electrons. The van der Waals surface area contributed by atoms with Crippen molar-refractivity contribution >= 4 is 11.8 Å². The Morgan fingerprint density at radius 3 is 2.31 bits per heavy atom. The van der Waals surface area contributed by atoms with Gasteiger partial charge in [0.25, 0.3) is 0 Å². The maximum Gasteiger partial charge on any atom is 0.395 e. The number of likely N-dealkylation sites (tertiary alicyclic amines) is 1. The number of allylic oxidation sites excluding steroid dienone is 1. The van der Waals surface area contributed by atoms with Gasteiger partial charge < -0.3 is 10.6 Å². The van der Waals surface area contributed by atoms with Gasteiger partial charge in [-0.3, -0.25) is 9.59 Å². The molecular formula is C25H37F3N2O2. The quantitative estimate of drug-likeness (QED) is 0.485. The van der Waals surface area contributed by atoms with Gasteiger partial charge in [-0.2, -0.15) is 13.2 Å². The van der Waals surface area contributed by atoms with Gasteiger partial charge in [0.15, 0.2) is 0 Å². The first kappa shape index (κ1) is 23.6. The van der Waals surface area contributed by atoms with E-state index in [1.807, 2.05) is 0 Å². The zero-order chi connectivity index (χ0) is 23.8. The Morgan fingerprint density at radius 1 is 1.12 bits per heavy atom. The molecule has 4 rings (SSSR count). The topological polar surface area (TPSA) is 63.4 Å². The van der Waals surface area contributed by atoms with E-state index in [1.54, 1.807) is 11.9 Å². The highest BCUT2D eigenvalue weighted by Crippen LogP contribution is 2.68. The van der Waals surface area contributed by atoms with Crippen molar-refractivity contribution in [3.05, 3.63) is 12.2 Å². The molecule has 4 fully saturated rings. The van der Waals surface area contributed by atoms with Crippen LogP contribution in [-0.2, 0) is 9.59 Å². The molecule has 4 nitrogen and oxygen atoms in total. The fourth-order valence-corrected chi connectivity index (χ4v) is 8.95. The fraction of sp³-hybridized carbons (Fsp3) is 0.840. The van der Waals surface area contributed by atoms with E-state index in [-0.39, 0.29) is 34.3 Å². The zero-order valence-electron chi connectivity index (χ0n) is 19.7. The van der Waals surface area contributed by atoms with Crippen LogP contribution in [0.15, 0.2) is 12.2 Å². The summed E-state index contributed by atoms with van der Waals surface area (Å²) in [6.07, 6.45) is 0.963. The normalized spacial score (nSPS) is 45.0. The first-order chi connectivity index (χ1) is 14.7. The van der Waals surface area contributed by atoms with Crippen LogP contribution in [0.2, 0.25) is 0 Å². The second kappa shape index (κ2) is 7.49. The molecule has 0 aromatic rings. The van der Waals surface area contributed by atoms with Crippen molar-refractivity contribution in [3.63, 3.8) is 0 Å². The monoisotopic (exact) mass is 454 g/mol. The molecule has 32 heavy (non-hydrogen) atoms. The number of rotatable bonds is 3. The minimum atomic E-state index is -4.27. The first-order valence-electron chi connectivity index (χ1n) is 12.0. The van der Waals surface area contributed by atoms with Gasteiger partial charge >= 0.3 is 6.18 Å². The molecule has 4 aliphatic rings. The second-order valence-electron chi connectivity index (χ2n) is 11.7. The molecule has 4 unspecified atom stereocenters. The number of primary amides is 1. The lowest BCUT2D eigenvalue weighted by Gasteiger charge is -2.62. The highest BCUT2D eigenvalue weighted by molar-refractivity contribution is 6.00. The Hall–Kier alpha value is -1.53. The summed E-state index contributed by atoms with van der Waals surface area (Å²) >= 11 is 0. The van der Waals surface area contributed by atoms with Crippen LogP contribution in [-0.4, -0.2) is 36.0 Å². The summed E-state index contributed by atoms with van der Waals surface area (Å²) in [6, 6.07) is 0.0618. The Bertz CT molecular complexity index is 826. The molecule has 3 aliphatic carbocycles. The third kappa shape index (κ3) is 3.24. The van der Waals surface area contributed by atoms with E-state index in [9.17, 15) is 22.8 Å². The van der Waals surface area contributed by atoms with Crippen molar-refractivity contribution in [2.45, 2.75) is 77.9 Å². The van der Waals surface area contributed by atoms with Gasteiger partial charge in [0.05, 0.1) is 5.92 Å². The zero-order valence-corrected chi connectivity index (χ0v) is 19.7. The average molecular weight is 455 g/mol. The molecule has 2 N–H and O–H groups in total. The number of fused-ring (bicyclic) bond motifs is 5. The number of carbonyl (C=O) groups is 2.